The van der Waals surface area contributed by atoms with Crippen LogP contribution in [0, 0.1) is 0 Å². The molecule has 1 unspecified atom stereocenters. The monoisotopic (exact) mass is 445 g/mol. The molecular weight excluding hydrogens is 410 g/mol. The first kappa shape index (κ1) is 22.0. The van der Waals surface area contributed by atoms with Gasteiger partial charge in [0, 0.05) is 43.0 Å². The Morgan fingerprint density at radius 3 is 2.61 bits per heavy atom. The third-order valence-electron chi connectivity index (χ3n) is 6.89. The van der Waals surface area contributed by atoms with Crippen LogP contribution in [0.2, 0.25) is 0 Å². The third-order valence-corrected chi connectivity index (χ3v) is 6.89. The van der Waals surface area contributed by atoms with Gasteiger partial charge in [0.05, 0.1) is 17.9 Å². The van der Waals surface area contributed by atoms with Gasteiger partial charge in [0.15, 0.2) is 0 Å². The van der Waals surface area contributed by atoms with E-state index in [1.165, 1.54) is 43.4 Å². The van der Waals surface area contributed by atoms with Crippen LogP contribution in [0.5, 0.6) is 0 Å². The zero-order chi connectivity index (χ0) is 22.6. The smallest absolute Gasteiger partial charge is 0.149 e. The van der Waals surface area contributed by atoms with Gasteiger partial charge in [0.2, 0.25) is 0 Å². The Morgan fingerprint density at radius 2 is 1.82 bits per heavy atom. The van der Waals surface area contributed by atoms with Crippen molar-refractivity contribution < 1.29 is 0 Å². The Labute approximate surface area is 196 Å². The summed E-state index contributed by atoms with van der Waals surface area (Å²) in [6.45, 7) is 3.65. The van der Waals surface area contributed by atoms with Crippen LogP contribution in [0.1, 0.15) is 60.8 Å². The zero-order valence-electron chi connectivity index (χ0n) is 19.6. The number of nitrogens with zero attached hydrogens (tertiary/aromatic N) is 5. The number of anilines is 1. The van der Waals surface area contributed by atoms with Gasteiger partial charge < -0.3 is 10.6 Å². The summed E-state index contributed by atoms with van der Waals surface area (Å²) in [6.07, 6.45) is 10.4. The van der Waals surface area contributed by atoms with Crippen molar-refractivity contribution in [2.24, 2.45) is 5.73 Å². The molecule has 1 aliphatic carbocycles. The van der Waals surface area contributed by atoms with Gasteiger partial charge in [0.1, 0.15) is 11.6 Å². The van der Waals surface area contributed by atoms with E-state index in [2.05, 4.69) is 39.2 Å². The molecule has 0 spiro atoms. The van der Waals surface area contributed by atoms with Gasteiger partial charge >= 0.3 is 0 Å². The number of likely N-dealkylation sites (N-methyl/N-ethyl adjacent to an activating group) is 1. The van der Waals surface area contributed by atoms with Crippen molar-refractivity contribution in [2.75, 3.05) is 31.6 Å². The number of benzene rings is 1. The van der Waals surface area contributed by atoms with Crippen molar-refractivity contribution in [3.63, 3.8) is 0 Å². The Morgan fingerprint density at radius 1 is 1.03 bits per heavy atom. The van der Waals surface area contributed by atoms with Gasteiger partial charge in [-0.15, -0.1) is 0 Å². The van der Waals surface area contributed by atoms with Crippen LogP contribution in [0.4, 0.5) is 5.82 Å². The van der Waals surface area contributed by atoms with E-state index >= 15 is 0 Å². The summed E-state index contributed by atoms with van der Waals surface area (Å²) in [4.78, 5) is 14.7. The minimum Gasteiger partial charge on any atom is -0.356 e. The van der Waals surface area contributed by atoms with Gasteiger partial charge in [-0.25, -0.2) is 9.97 Å². The normalized spacial score (nSPS) is 17.2. The molecule has 3 aromatic rings. The number of rotatable bonds is 7. The molecule has 3 N–H and O–H groups in total. The lowest BCUT2D eigenvalue weighted by Crippen LogP contribution is -2.32. The number of hydrogen-bond donors (Lipinski definition) is 2. The lowest BCUT2D eigenvalue weighted by Gasteiger charge is -2.26. The van der Waals surface area contributed by atoms with Gasteiger partial charge in [-0.1, -0.05) is 43.2 Å². The number of nitrogens with one attached hydrogen (secondary N) is 1. The first-order chi connectivity index (χ1) is 16.2. The molecule has 5 rings (SSSR count). The molecule has 1 fully saturated rings. The van der Waals surface area contributed by atoms with E-state index in [0.717, 1.165) is 60.9 Å². The highest BCUT2D eigenvalue weighted by atomic mass is 15.2. The molecule has 0 amide bonds. The Balaban J connectivity index is 1.31. The van der Waals surface area contributed by atoms with Crippen LogP contribution < -0.4 is 10.6 Å². The molecular formula is C26H35N7. The summed E-state index contributed by atoms with van der Waals surface area (Å²) in [6, 6.07) is 10.1. The van der Waals surface area contributed by atoms with Crippen LogP contribution in [0.15, 0.2) is 36.5 Å². The maximum absolute atomic E-state index is 6.69. The van der Waals surface area contributed by atoms with E-state index in [9.17, 15) is 0 Å². The van der Waals surface area contributed by atoms with E-state index in [-0.39, 0.29) is 6.04 Å². The number of nitrogens with two attached hydrogens (primary N) is 1. The number of aromatic nitrogens is 4. The van der Waals surface area contributed by atoms with Crippen LogP contribution in [-0.4, -0.2) is 51.7 Å². The van der Waals surface area contributed by atoms with E-state index in [0.29, 0.717) is 6.54 Å². The van der Waals surface area contributed by atoms with E-state index in [4.69, 9.17) is 15.7 Å². The SMILES string of the molecule is CN(Cc1cn[nH]c1-c1ccccc1)CC(N)c1nc2c(c(N3CCCCCC3)n1)CCC2. The zero-order valence-corrected chi connectivity index (χ0v) is 19.6. The number of aromatic amines is 1. The summed E-state index contributed by atoms with van der Waals surface area (Å²) >= 11 is 0. The minimum absolute atomic E-state index is 0.223. The first-order valence-corrected chi connectivity index (χ1v) is 12.4. The van der Waals surface area contributed by atoms with Crippen molar-refractivity contribution in [1.82, 2.24) is 25.1 Å². The Bertz CT molecular complexity index is 1050. The average molecular weight is 446 g/mol. The molecule has 174 valence electrons. The molecule has 0 saturated carbocycles. The largest absolute Gasteiger partial charge is 0.356 e. The molecule has 2 aromatic heterocycles. The van der Waals surface area contributed by atoms with Crippen molar-refractivity contribution in [1.29, 1.82) is 0 Å². The third kappa shape index (κ3) is 4.94. The Hall–Kier alpha value is -2.77. The van der Waals surface area contributed by atoms with Gasteiger partial charge in [0.25, 0.3) is 0 Å². The number of aryl methyl sites for hydroxylation is 1. The van der Waals surface area contributed by atoms with Crippen molar-refractivity contribution in [2.45, 2.75) is 57.5 Å². The molecule has 3 heterocycles. The fourth-order valence-electron chi connectivity index (χ4n) is 5.20. The molecule has 33 heavy (non-hydrogen) atoms. The minimum atomic E-state index is -0.223. The van der Waals surface area contributed by atoms with Crippen LogP contribution in [0.3, 0.4) is 0 Å². The highest BCUT2D eigenvalue weighted by Gasteiger charge is 2.25. The fraction of sp³-hybridized carbons (Fsp3) is 0.500. The van der Waals surface area contributed by atoms with Crippen LogP contribution >= 0.6 is 0 Å². The maximum atomic E-state index is 6.69. The quantitative estimate of drug-likeness (QED) is 0.574. The van der Waals surface area contributed by atoms with Crippen LogP contribution in [0.25, 0.3) is 11.3 Å². The number of hydrogen-bond acceptors (Lipinski definition) is 6. The summed E-state index contributed by atoms with van der Waals surface area (Å²) in [7, 11) is 2.10. The van der Waals surface area contributed by atoms with Gasteiger partial charge in [-0.3, -0.25) is 10.00 Å². The van der Waals surface area contributed by atoms with Crippen LogP contribution in [-0.2, 0) is 19.4 Å². The molecule has 7 heteroatoms. The summed E-state index contributed by atoms with van der Waals surface area (Å²) < 4.78 is 0. The summed E-state index contributed by atoms with van der Waals surface area (Å²) in [5.41, 5.74) is 12.6. The summed E-state index contributed by atoms with van der Waals surface area (Å²) in [5, 5.41) is 7.44. The molecule has 0 bridgehead atoms. The average Bonchev–Trinajstić information content (AvgIpc) is 3.41. The molecule has 1 aliphatic heterocycles. The van der Waals surface area contributed by atoms with Crippen molar-refractivity contribution in [3.8, 4) is 11.3 Å². The molecule has 2 aliphatic rings. The standard InChI is InChI=1S/C26H35N7/c1-32(17-20-16-28-31-24(20)19-10-5-4-6-11-19)18-22(27)25-29-23-13-9-12-21(23)26(30-25)33-14-7-2-3-8-15-33/h4-6,10-11,16,22H,2-3,7-9,12-15,17-18,27H2,1H3,(H,28,31). The number of H-pyrrole nitrogens is 1. The van der Waals surface area contributed by atoms with Gasteiger partial charge in [-0.05, 0) is 44.7 Å². The molecule has 0 radical (unpaired) electrons. The molecule has 1 atom stereocenters. The molecule has 1 saturated heterocycles. The maximum Gasteiger partial charge on any atom is 0.149 e. The summed E-state index contributed by atoms with van der Waals surface area (Å²) in [5.74, 6) is 1.95. The van der Waals surface area contributed by atoms with E-state index < -0.39 is 0 Å². The van der Waals surface area contributed by atoms with Crippen molar-refractivity contribution in [3.05, 3.63) is 59.2 Å². The second kappa shape index (κ2) is 10.0. The Kier molecular flexibility index (Phi) is 6.69. The lowest BCUT2D eigenvalue weighted by molar-refractivity contribution is 0.301. The number of fused-ring (bicyclic) bond motifs is 1. The first-order valence-electron chi connectivity index (χ1n) is 12.4. The van der Waals surface area contributed by atoms with Gasteiger partial charge in [-0.2, -0.15) is 5.10 Å². The van der Waals surface area contributed by atoms with E-state index in [1.807, 2.05) is 24.4 Å². The second-order valence-corrected chi connectivity index (χ2v) is 9.52. The van der Waals surface area contributed by atoms with E-state index in [1.54, 1.807) is 0 Å². The predicted octanol–water partition coefficient (Wildman–Crippen LogP) is 3.87. The lowest BCUT2D eigenvalue weighted by atomic mass is 10.1. The van der Waals surface area contributed by atoms with Crippen molar-refractivity contribution >= 4 is 5.82 Å². The topological polar surface area (TPSA) is 87.0 Å². The second-order valence-electron chi connectivity index (χ2n) is 9.52. The highest BCUT2D eigenvalue weighted by molar-refractivity contribution is 5.62. The molecule has 1 aromatic carbocycles. The highest BCUT2D eigenvalue weighted by Crippen LogP contribution is 2.31. The molecule has 7 nitrogen and oxygen atoms in total. The predicted molar refractivity (Wildman–Crippen MR) is 132 cm³/mol. The fourth-order valence-corrected chi connectivity index (χ4v) is 5.20.